The van der Waals surface area contributed by atoms with Crippen LogP contribution in [0.4, 0.5) is 5.82 Å². The van der Waals surface area contributed by atoms with Gasteiger partial charge in [0, 0.05) is 24.0 Å². The zero-order chi connectivity index (χ0) is 12.4. The third-order valence-electron chi connectivity index (χ3n) is 2.50. The summed E-state index contributed by atoms with van der Waals surface area (Å²) in [5.74, 6) is 1.22. The zero-order valence-electron chi connectivity index (χ0n) is 9.45. The van der Waals surface area contributed by atoms with E-state index in [2.05, 4.69) is 15.0 Å². The van der Waals surface area contributed by atoms with Crippen LogP contribution in [0, 0.1) is 0 Å². The van der Waals surface area contributed by atoms with Gasteiger partial charge >= 0.3 is 0 Å². The molecule has 5 nitrogen and oxygen atoms in total. The van der Waals surface area contributed by atoms with Crippen LogP contribution in [-0.2, 0) is 0 Å². The Kier molecular flexibility index (Phi) is 2.49. The molecule has 2 heterocycles. The Hall–Kier alpha value is -2.69. The lowest BCUT2D eigenvalue weighted by Crippen LogP contribution is -1.97. The predicted octanol–water partition coefficient (Wildman–Crippen LogP) is 2.40. The van der Waals surface area contributed by atoms with Gasteiger partial charge in [-0.15, -0.1) is 0 Å². The summed E-state index contributed by atoms with van der Waals surface area (Å²) in [5.41, 5.74) is 6.56. The Bertz CT molecular complexity index is 694. The minimum absolute atomic E-state index is 0.262. The maximum Gasteiger partial charge on any atom is 0.262 e. The van der Waals surface area contributed by atoms with Gasteiger partial charge in [0.05, 0.1) is 5.52 Å². The van der Waals surface area contributed by atoms with Gasteiger partial charge in [0.25, 0.3) is 5.88 Å². The van der Waals surface area contributed by atoms with Crippen molar-refractivity contribution < 1.29 is 4.74 Å². The van der Waals surface area contributed by atoms with E-state index in [1.54, 1.807) is 6.20 Å². The van der Waals surface area contributed by atoms with E-state index in [1.807, 2.05) is 30.3 Å². The highest BCUT2D eigenvalue weighted by Crippen LogP contribution is 2.29. The molecule has 3 aromatic rings. The molecule has 0 aliphatic heterocycles. The highest BCUT2D eigenvalue weighted by atomic mass is 16.5. The summed E-state index contributed by atoms with van der Waals surface area (Å²) in [5, 5.41) is 0.907. The van der Waals surface area contributed by atoms with Gasteiger partial charge in [-0.3, -0.25) is 4.98 Å². The summed E-state index contributed by atoms with van der Waals surface area (Å²) in [6.45, 7) is 0. The fourth-order valence-corrected chi connectivity index (χ4v) is 1.68. The third-order valence-corrected chi connectivity index (χ3v) is 2.50. The molecule has 2 N–H and O–H groups in total. The van der Waals surface area contributed by atoms with Gasteiger partial charge in [0.2, 0.25) is 0 Å². The molecular formula is C13H10N4O. The van der Waals surface area contributed by atoms with Crippen molar-refractivity contribution in [2.24, 2.45) is 0 Å². The highest BCUT2D eigenvalue weighted by Gasteiger charge is 2.07. The van der Waals surface area contributed by atoms with Gasteiger partial charge in [-0.1, -0.05) is 6.07 Å². The molecule has 88 valence electrons. The molecule has 0 saturated heterocycles. The molecule has 0 fully saturated rings. The van der Waals surface area contributed by atoms with Crippen molar-refractivity contribution in [1.29, 1.82) is 0 Å². The molecule has 0 aliphatic rings. The Morgan fingerprint density at radius 1 is 0.889 bits per heavy atom. The second-order valence-corrected chi connectivity index (χ2v) is 3.68. The van der Waals surface area contributed by atoms with Crippen LogP contribution >= 0.6 is 0 Å². The van der Waals surface area contributed by atoms with Crippen LogP contribution in [0.3, 0.4) is 0 Å². The van der Waals surface area contributed by atoms with Crippen LogP contribution < -0.4 is 10.5 Å². The number of hydrogen-bond donors (Lipinski definition) is 1. The second kappa shape index (κ2) is 4.29. The van der Waals surface area contributed by atoms with Crippen LogP contribution in [0.15, 0.2) is 48.9 Å². The van der Waals surface area contributed by atoms with Gasteiger partial charge in [-0.25, -0.2) is 9.97 Å². The number of benzene rings is 1. The SMILES string of the molecule is Nc1nccnc1Oc1cccc2ncccc12. The van der Waals surface area contributed by atoms with Gasteiger partial charge in [0.15, 0.2) is 5.82 Å². The van der Waals surface area contributed by atoms with E-state index in [4.69, 9.17) is 10.5 Å². The number of nitrogens with two attached hydrogens (primary N) is 1. The fourth-order valence-electron chi connectivity index (χ4n) is 1.68. The number of anilines is 1. The molecule has 1 aromatic carbocycles. The summed E-state index contributed by atoms with van der Waals surface area (Å²) in [6.07, 6.45) is 4.80. The number of fused-ring (bicyclic) bond motifs is 1. The molecule has 0 radical (unpaired) electrons. The molecule has 5 heteroatoms. The number of ether oxygens (including phenoxy) is 1. The quantitative estimate of drug-likeness (QED) is 0.742. The smallest absolute Gasteiger partial charge is 0.262 e. The number of hydrogen-bond acceptors (Lipinski definition) is 5. The average molecular weight is 238 g/mol. The first-order valence-electron chi connectivity index (χ1n) is 5.43. The molecule has 0 amide bonds. The first-order chi connectivity index (χ1) is 8.84. The summed E-state index contributed by atoms with van der Waals surface area (Å²) in [7, 11) is 0. The van der Waals surface area contributed by atoms with E-state index in [0.29, 0.717) is 11.6 Å². The molecule has 0 bridgehead atoms. The fraction of sp³-hybridized carbons (Fsp3) is 0. The summed E-state index contributed by atoms with van der Waals surface area (Å²) < 4.78 is 5.68. The average Bonchev–Trinajstić information content (AvgIpc) is 2.42. The van der Waals surface area contributed by atoms with Crippen LogP contribution in [0.5, 0.6) is 11.6 Å². The van der Waals surface area contributed by atoms with Crippen LogP contribution in [-0.4, -0.2) is 15.0 Å². The summed E-state index contributed by atoms with van der Waals surface area (Å²) in [4.78, 5) is 12.2. The lowest BCUT2D eigenvalue weighted by Gasteiger charge is -2.08. The van der Waals surface area contributed by atoms with Crippen LogP contribution in [0.2, 0.25) is 0 Å². The topological polar surface area (TPSA) is 73.9 Å². The van der Waals surface area contributed by atoms with E-state index < -0.39 is 0 Å². The molecule has 18 heavy (non-hydrogen) atoms. The molecule has 0 aliphatic carbocycles. The Morgan fingerprint density at radius 2 is 1.78 bits per heavy atom. The molecule has 0 unspecified atom stereocenters. The number of nitrogens with zero attached hydrogens (tertiary/aromatic N) is 3. The van der Waals surface area contributed by atoms with Crippen molar-refractivity contribution >= 4 is 16.7 Å². The second-order valence-electron chi connectivity index (χ2n) is 3.68. The Morgan fingerprint density at radius 3 is 2.67 bits per heavy atom. The van der Waals surface area contributed by atoms with Crippen LogP contribution in [0.25, 0.3) is 10.9 Å². The monoisotopic (exact) mass is 238 g/mol. The van der Waals surface area contributed by atoms with E-state index in [9.17, 15) is 0 Å². The van der Waals surface area contributed by atoms with E-state index in [-0.39, 0.29) is 5.82 Å². The highest BCUT2D eigenvalue weighted by molar-refractivity contribution is 5.85. The van der Waals surface area contributed by atoms with E-state index >= 15 is 0 Å². The van der Waals surface area contributed by atoms with Gasteiger partial charge in [0.1, 0.15) is 5.75 Å². The third kappa shape index (κ3) is 1.82. The van der Waals surface area contributed by atoms with Gasteiger partial charge in [-0.05, 0) is 24.3 Å². The van der Waals surface area contributed by atoms with Crippen molar-refractivity contribution in [1.82, 2.24) is 15.0 Å². The lowest BCUT2D eigenvalue weighted by atomic mass is 10.2. The zero-order valence-corrected chi connectivity index (χ0v) is 9.45. The number of nitrogen functional groups attached to an aromatic ring is 1. The van der Waals surface area contributed by atoms with Gasteiger partial charge < -0.3 is 10.5 Å². The standard InChI is InChI=1S/C13H10N4O/c14-12-13(17-8-7-16-12)18-11-5-1-4-10-9(11)3-2-6-15-10/h1-8H,(H2,14,16). The number of rotatable bonds is 2. The number of pyridine rings is 1. The molecule has 0 spiro atoms. The van der Waals surface area contributed by atoms with E-state index in [0.717, 1.165) is 10.9 Å². The Balaban J connectivity index is 2.08. The maximum atomic E-state index is 5.70. The van der Waals surface area contributed by atoms with Gasteiger partial charge in [-0.2, -0.15) is 0 Å². The molecule has 0 atom stereocenters. The predicted molar refractivity (Wildman–Crippen MR) is 68.3 cm³/mol. The largest absolute Gasteiger partial charge is 0.435 e. The Labute approximate surface area is 103 Å². The van der Waals surface area contributed by atoms with Crippen molar-refractivity contribution in [3.8, 4) is 11.6 Å². The maximum absolute atomic E-state index is 5.70. The van der Waals surface area contributed by atoms with Crippen molar-refractivity contribution in [3.05, 3.63) is 48.9 Å². The van der Waals surface area contributed by atoms with Crippen molar-refractivity contribution in [2.75, 3.05) is 5.73 Å². The van der Waals surface area contributed by atoms with Crippen molar-refractivity contribution in [3.63, 3.8) is 0 Å². The minimum atomic E-state index is 0.262. The molecular weight excluding hydrogens is 228 g/mol. The first kappa shape index (κ1) is 10.5. The first-order valence-corrected chi connectivity index (χ1v) is 5.43. The molecule has 2 aromatic heterocycles. The molecule has 3 rings (SSSR count). The lowest BCUT2D eigenvalue weighted by molar-refractivity contribution is 0.468. The van der Waals surface area contributed by atoms with Crippen molar-refractivity contribution in [2.45, 2.75) is 0 Å². The summed E-state index contributed by atoms with van der Waals surface area (Å²) >= 11 is 0. The summed E-state index contributed by atoms with van der Waals surface area (Å²) in [6, 6.07) is 9.43. The minimum Gasteiger partial charge on any atom is -0.435 e. The normalized spacial score (nSPS) is 10.4. The molecule has 0 saturated carbocycles. The number of aromatic nitrogens is 3. The van der Waals surface area contributed by atoms with E-state index in [1.165, 1.54) is 12.4 Å². The van der Waals surface area contributed by atoms with Crippen LogP contribution in [0.1, 0.15) is 0 Å².